The van der Waals surface area contributed by atoms with Gasteiger partial charge in [0.2, 0.25) is 0 Å². The molecule has 1 N–H and O–H groups in total. The summed E-state index contributed by atoms with van der Waals surface area (Å²) in [4.78, 5) is 11.0. The molecule has 0 saturated carbocycles. The van der Waals surface area contributed by atoms with Crippen molar-refractivity contribution < 1.29 is 9.53 Å². The maximum Gasteiger partial charge on any atom is 0.319 e. The number of esters is 1. The van der Waals surface area contributed by atoms with Crippen LogP contribution in [0.15, 0.2) is 30.3 Å². The maximum atomic E-state index is 11.0. The van der Waals surface area contributed by atoms with Crippen molar-refractivity contribution in [1.82, 2.24) is 5.32 Å². The molecule has 0 bridgehead atoms. The molecule has 0 radical (unpaired) electrons. The molecule has 88 valence electrons. The third-order valence-electron chi connectivity index (χ3n) is 2.87. The highest BCUT2D eigenvalue weighted by Crippen LogP contribution is 2.18. The molecule has 0 fully saturated rings. The van der Waals surface area contributed by atoms with Crippen molar-refractivity contribution in [3.63, 3.8) is 0 Å². The van der Waals surface area contributed by atoms with E-state index >= 15 is 0 Å². The Morgan fingerprint density at radius 3 is 2.50 bits per heavy atom. The zero-order chi connectivity index (χ0) is 12.0. The van der Waals surface area contributed by atoms with Crippen LogP contribution in [0.3, 0.4) is 0 Å². The Balaban J connectivity index is 2.48. The van der Waals surface area contributed by atoms with E-state index in [2.05, 4.69) is 36.0 Å². The van der Waals surface area contributed by atoms with Crippen LogP contribution >= 0.6 is 0 Å². The van der Waals surface area contributed by atoms with Gasteiger partial charge in [-0.25, -0.2) is 0 Å². The van der Waals surface area contributed by atoms with Crippen LogP contribution in [0.1, 0.15) is 25.3 Å². The van der Waals surface area contributed by atoms with E-state index < -0.39 is 0 Å². The van der Waals surface area contributed by atoms with Crippen molar-refractivity contribution in [2.24, 2.45) is 0 Å². The van der Waals surface area contributed by atoms with Crippen molar-refractivity contribution >= 4 is 5.97 Å². The molecule has 3 nitrogen and oxygen atoms in total. The number of ether oxygens (including phenoxy) is 1. The van der Waals surface area contributed by atoms with Crippen molar-refractivity contribution in [2.45, 2.75) is 25.8 Å². The molecule has 1 rings (SSSR count). The number of hydrogen-bond acceptors (Lipinski definition) is 3. The molecular formula is C13H19NO2. The summed E-state index contributed by atoms with van der Waals surface area (Å²) in [5, 5.41) is 3.16. The second kappa shape index (κ2) is 6.28. The summed E-state index contributed by atoms with van der Waals surface area (Å²) in [6, 6.07) is 10.5. The Morgan fingerprint density at radius 2 is 1.94 bits per heavy atom. The van der Waals surface area contributed by atoms with Crippen LogP contribution in [0, 0.1) is 0 Å². The molecule has 1 aromatic carbocycles. The van der Waals surface area contributed by atoms with Gasteiger partial charge in [0.15, 0.2) is 0 Å². The average Bonchev–Trinajstić information content (AvgIpc) is 2.35. The van der Waals surface area contributed by atoms with Gasteiger partial charge in [0, 0.05) is 6.04 Å². The van der Waals surface area contributed by atoms with Crippen molar-refractivity contribution in [3.05, 3.63) is 35.9 Å². The molecule has 0 aliphatic heterocycles. The summed E-state index contributed by atoms with van der Waals surface area (Å²) in [5.41, 5.74) is 1.27. The Kier molecular flexibility index (Phi) is 4.99. The van der Waals surface area contributed by atoms with Crippen LogP contribution in [0.4, 0.5) is 0 Å². The lowest BCUT2D eigenvalue weighted by Gasteiger charge is -2.21. The number of carbonyl (C=O) groups excluding carboxylic acids is 1. The third-order valence-corrected chi connectivity index (χ3v) is 2.87. The minimum Gasteiger partial charge on any atom is -0.468 e. The normalized spacial score (nSPS) is 14.2. The average molecular weight is 221 g/mol. The summed E-state index contributed by atoms with van der Waals surface area (Å²) in [5.74, 6) is 0.137. The van der Waals surface area contributed by atoms with Crippen LogP contribution in [-0.4, -0.2) is 25.7 Å². The van der Waals surface area contributed by atoms with Gasteiger partial charge in [-0.2, -0.15) is 0 Å². The first-order chi connectivity index (χ1) is 7.65. The fraction of sp³-hybridized carbons (Fsp3) is 0.462. The second-order valence-electron chi connectivity index (χ2n) is 3.95. The molecule has 2 atom stereocenters. The van der Waals surface area contributed by atoms with Gasteiger partial charge in [-0.15, -0.1) is 0 Å². The lowest BCUT2D eigenvalue weighted by Crippen LogP contribution is -2.35. The highest BCUT2D eigenvalue weighted by atomic mass is 16.5. The van der Waals surface area contributed by atoms with E-state index in [4.69, 9.17) is 0 Å². The molecule has 1 aromatic rings. The van der Waals surface area contributed by atoms with E-state index in [1.54, 1.807) is 0 Å². The summed E-state index contributed by atoms with van der Waals surface area (Å²) in [6.45, 7) is 4.47. The largest absolute Gasteiger partial charge is 0.468 e. The van der Waals surface area contributed by atoms with E-state index in [0.29, 0.717) is 5.92 Å². The first-order valence-electron chi connectivity index (χ1n) is 5.50. The summed E-state index contributed by atoms with van der Waals surface area (Å²) in [7, 11) is 1.40. The minimum atomic E-state index is -0.230. The predicted molar refractivity (Wildman–Crippen MR) is 64.3 cm³/mol. The van der Waals surface area contributed by atoms with Crippen LogP contribution in [-0.2, 0) is 9.53 Å². The molecule has 16 heavy (non-hydrogen) atoms. The quantitative estimate of drug-likeness (QED) is 0.772. The van der Waals surface area contributed by atoms with E-state index in [1.165, 1.54) is 12.7 Å². The van der Waals surface area contributed by atoms with Gasteiger partial charge in [-0.3, -0.25) is 4.79 Å². The Morgan fingerprint density at radius 1 is 1.31 bits per heavy atom. The minimum absolute atomic E-state index is 0.230. The highest BCUT2D eigenvalue weighted by molar-refractivity contribution is 5.71. The molecule has 3 heteroatoms. The van der Waals surface area contributed by atoms with Crippen molar-refractivity contribution in [3.8, 4) is 0 Å². The Labute approximate surface area is 96.8 Å². The number of methoxy groups -OCH3 is 1. The molecule has 0 spiro atoms. The molecular weight excluding hydrogens is 202 g/mol. The third kappa shape index (κ3) is 3.66. The van der Waals surface area contributed by atoms with E-state index in [-0.39, 0.29) is 18.6 Å². The van der Waals surface area contributed by atoms with E-state index in [9.17, 15) is 4.79 Å². The first-order valence-corrected chi connectivity index (χ1v) is 5.50. The topological polar surface area (TPSA) is 38.3 Å². The summed E-state index contributed by atoms with van der Waals surface area (Å²) in [6.07, 6.45) is 0. The molecule has 0 aromatic heterocycles. The van der Waals surface area contributed by atoms with Crippen LogP contribution < -0.4 is 5.32 Å². The number of nitrogens with one attached hydrogen (secondary N) is 1. The second-order valence-corrected chi connectivity index (χ2v) is 3.95. The van der Waals surface area contributed by atoms with Crippen LogP contribution in [0.2, 0.25) is 0 Å². The SMILES string of the molecule is COC(=O)CNC(C)C(C)c1ccccc1. The van der Waals surface area contributed by atoms with Gasteiger partial charge in [0.25, 0.3) is 0 Å². The standard InChI is InChI=1S/C13H19NO2/c1-10(12-7-5-4-6-8-12)11(2)14-9-13(15)16-3/h4-8,10-11,14H,9H2,1-3H3. The zero-order valence-electron chi connectivity index (χ0n) is 10.1. The monoisotopic (exact) mass is 221 g/mol. The molecule has 0 amide bonds. The fourth-order valence-corrected chi connectivity index (χ4v) is 1.54. The Hall–Kier alpha value is -1.35. The van der Waals surface area contributed by atoms with Gasteiger partial charge in [0.05, 0.1) is 13.7 Å². The lowest BCUT2D eigenvalue weighted by molar-refractivity contribution is -0.139. The van der Waals surface area contributed by atoms with Crippen molar-refractivity contribution in [1.29, 1.82) is 0 Å². The zero-order valence-corrected chi connectivity index (χ0v) is 10.1. The molecule has 2 unspecified atom stereocenters. The van der Waals surface area contributed by atoms with E-state index in [1.807, 2.05) is 18.2 Å². The summed E-state index contributed by atoms with van der Waals surface area (Å²) < 4.78 is 4.58. The number of hydrogen-bond donors (Lipinski definition) is 1. The molecule has 0 aliphatic rings. The maximum absolute atomic E-state index is 11.0. The Bertz CT molecular complexity index is 324. The lowest BCUT2D eigenvalue weighted by atomic mass is 9.94. The number of rotatable bonds is 5. The predicted octanol–water partition coefficient (Wildman–Crippen LogP) is 1.94. The highest BCUT2D eigenvalue weighted by Gasteiger charge is 2.14. The van der Waals surface area contributed by atoms with Gasteiger partial charge in [-0.05, 0) is 18.4 Å². The van der Waals surface area contributed by atoms with Crippen LogP contribution in [0.25, 0.3) is 0 Å². The first kappa shape index (κ1) is 12.7. The fourth-order valence-electron chi connectivity index (χ4n) is 1.54. The smallest absolute Gasteiger partial charge is 0.319 e. The number of carbonyl (C=O) groups is 1. The molecule has 0 saturated heterocycles. The van der Waals surface area contributed by atoms with Crippen LogP contribution in [0.5, 0.6) is 0 Å². The molecule has 0 aliphatic carbocycles. The van der Waals surface area contributed by atoms with E-state index in [0.717, 1.165) is 0 Å². The van der Waals surface area contributed by atoms with Gasteiger partial charge < -0.3 is 10.1 Å². The van der Waals surface area contributed by atoms with Gasteiger partial charge >= 0.3 is 5.97 Å². The summed E-state index contributed by atoms with van der Waals surface area (Å²) >= 11 is 0. The molecule has 0 heterocycles. The van der Waals surface area contributed by atoms with Gasteiger partial charge in [0.1, 0.15) is 0 Å². The van der Waals surface area contributed by atoms with Crippen molar-refractivity contribution in [2.75, 3.05) is 13.7 Å². The van der Waals surface area contributed by atoms with Gasteiger partial charge in [-0.1, -0.05) is 37.3 Å². The number of benzene rings is 1.